The number of piperazine rings is 1. The second-order valence-electron chi connectivity index (χ2n) is 5.00. The van der Waals surface area contributed by atoms with Crippen molar-refractivity contribution in [1.82, 2.24) is 15.1 Å². The molecule has 0 bridgehead atoms. The Labute approximate surface area is 108 Å². The first-order chi connectivity index (χ1) is 8.45. The van der Waals surface area contributed by atoms with Gasteiger partial charge in [-0.15, -0.1) is 0 Å². The summed E-state index contributed by atoms with van der Waals surface area (Å²) in [7, 11) is 2.04. The molecule has 3 N–H and O–H groups in total. The van der Waals surface area contributed by atoms with Gasteiger partial charge >= 0.3 is 6.03 Å². The third-order valence-electron chi connectivity index (χ3n) is 3.59. The highest BCUT2D eigenvalue weighted by Gasteiger charge is 2.30. The zero-order valence-electron chi connectivity index (χ0n) is 11.5. The summed E-state index contributed by atoms with van der Waals surface area (Å²) in [6, 6.07) is -1.14. The van der Waals surface area contributed by atoms with E-state index in [1.807, 2.05) is 25.8 Å². The van der Waals surface area contributed by atoms with E-state index in [0.29, 0.717) is 13.1 Å². The molecule has 1 aliphatic heterocycles. The summed E-state index contributed by atoms with van der Waals surface area (Å²) in [6.45, 7) is 7.11. The van der Waals surface area contributed by atoms with Crippen LogP contribution in [-0.2, 0) is 4.79 Å². The molecular formula is C12H24N4O2. The second-order valence-corrected chi connectivity index (χ2v) is 5.00. The van der Waals surface area contributed by atoms with E-state index < -0.39 is 12.1 Å². The first kappa shape index (κ1) is 14.8. The Hall–Kier alpha value is -1.30. The molecule has 0 spiro atoms. The Morgan fingerprint density at radius 1 is 1.28 bits per heavy atom. The molecule has 0 aromatic heterocycles. The molecule has 104 valence electrons. The number of nitrogens with zero attached hydrogens (tertiary/aromatic N) is 2. The molecule has 1 fully saturated rings. The lowest BCUT2D eigenvalue weighted by atomic mass is 9.97. The minimum atomic E-state index is -0.636. The fourth-order valence-corrected chi connectivity index (χ4v) is 2.06. The number of urea groups is 1. The number of nitrogens with two attached hydrogens (primary N) is 1. The third kappa shape index (κ3) is 3.87. The Bertz CT molecular complexity index is 300. The molecule has 0 aliphatic carbocycles. The van der Waals surface area contributed by atoms with Crippen molar-refractivity contribution in [2.45, 2.75) is 26.3 Å². The molecule has 0 aromatic rings. The van der Waals surface area contributed by atoms with Gasteiger partial charge in [0.15, 0.2) is 0 Å². The molecule has 1 heterocycles. The van der Waals surface area contributed by atoms with Gasteiger partial charge in [0, 0.05) is 26.2 Å². The predicted molar refractivity (Wildman–Crippen MR) is 70.0 cm³/mol. The van der Waals surface area contributed by atoms with E-state index >= 15 is 0 Å². The first-order valence-corrected chi connectivity index (χ1v) is 6.49. The lowest BCUT2D eigenvalue weighted by Gasteiger charge is -2.36. The number of nitrogens with one attached hydrogen (secondary N) is 1. The van der Waals surface area contributed by atoms with Crippen LogP contribution in [-0.4, -0.2) is 61.0 Å². The predicted octanol–water partition coefficient (Wildman–Crippen LogP) is -0.157. The molecule has 2 atom stereocenters. The number of hydrogen-bond donors (Lipinski definition) is 2. The summed E-state index contributed by atoms with van der Waals surface area (Å²) in [6.07, 6.45) is 0.824. The van der Waals surface area contributed by atoms with Crippen LogP contribution in [0, 0.1) is 5.92 Å². The Morgan fingerprint density at radius 2 is 1.83 bits per heavy atom. The molecule has 0 saturated carbocycles. The van der Waals surface area contributed by atoms with Crippen molar-refractivity contribution < 1.29 is 9.59 Å². The Balaban J connectivity index is 2.66. The van der Waals surface area contributed by atoms with Crippen LogP contribution in [0.15, 0.2) is 0 Å². The van der Waals surface area contributed by atoms with Gasteiger partial charge in [-0.1, -0.05) is 20.3 Å². The van der Waals surface area contributed by atoms with Crippen molar-refractivity contribution in [3.63, 3.8) is 0 Å². The van der Waals surface area contributed by atoms with E-state index in [9.17, 15) is 9.59 Å². The number of hydrogen-bond acceptors (Lipinski definition) is 3. The molecule has 3 amide bonds. The van der Waals surface area contributed by atoms with Gasteiger partial charge in [0.1, 0.15) is 6.04 Å². The van der Waals surface area contributed by atoms with Crippen LogP contribution in [0.2, 0.25) is 0 Å². The quantitative estimate of drug-likeness (QED) is 0.734. The minimum absolute atomic E-state index is 0.0174. The molecule has 6 heteroatoms. The van der Waals surface area contributed by atoms with Gasteiger partial charge in [-0.2, -0.15) is 0 Å². The van der Waals surface area contributed by atoms with Crippen LogP contribution < -0.4 is 11.1 Å². The van der Waals surface area contributed by atoms with Gasteiger partial charge < -0.3 is 20.9 Å². The summed E-state index contributed by atoms with van der Waals surface area (Å²) in [4.78, 5) is 27.4. The SMILES string of the molecule is CCC(C)C(NC(N)=O)C(=O)N1CCN(C)CC1. The smallest absolute Gasteiger partial charge is 0.312 e. The molecule has 1 rings (SSSR count). The topological polar surface area (TPSA) is 78.7 Å². The molecule has 18 heavy (non-hydrogen) atoms. The van der Waals surface area contributed by atoms with Crippen LogP contribution in [0.4, 0.5) is 4.79 Å². The van der Waals surface area contributed by atoms with Crippen molar-refractivity contribution in [1.29, 1.82) is 0 Å². The van der Waals surface area contributed by atoms with Gasteiger partial charge in [-0.25, -0.2) is 4.79 Å². The highest BCUT2D eigenvalue weighted by atomic mass is 16.2. The van der Waals surface area contributed by atoms with Crippen LogP contribution in [0.25, 0.3) is 0 Å². The number of carbonyl (C=O) groups excluding carboxylic acids is 2. The maximum Gasteiger partial charge on any atom is 0.312 e. The molecule has 0 radical (unpaired) electrons. The van der Waals surface area contributed by atoms with E-state index in [1.54, 1.807) is 0 Å². The van der Waals surface area contributed by atoms with Crippen molar-refractivity contribution >= 4 is 11.9 Å². The normalized spacial score (nSPS) is 20.3. The Morgan fingerprint density at radius 3 is 2.28 bits per heavy atom. The first-order valence-electron chi connectivity index (χ1n) is 6.49. The van der Waals surface area contributed by atoms with E-state index in [1.165, 1.54) is 0 Å². The number of carbonyl (C=O) groups is 2. The van der Waals surface area contributed by atoms with Crippen LogP contribution in [0.3, 0.4) is 0 Å². The molecule has 1 aliphatic rings. The number of rotatable bonds is 4. The second kappa shape index (κ2) is 6.58. The maximum atomic E-state index is 12.4. The van der Waals surface area contributed by atoms with E-state index in [0.717, 1.165) is 19.5 Å². The van der Waals surface area contributed by atoms with Crippen LogP contribution in [0.5, 0.6) is 0 Å². The van der Waals surface area contributed by atoms with Gasteiger partial charge in [0.05, 0.1) is 0 Å². The Kier molecular flexibility index (Phi) is 5.40. The average Bonchev–Trinajstić information content (AvgIpc) is 2.35. The number of amides is 3. The van der Waals surface area contributed by atoms with Crippen molar-refractivity contribution in [2.24, 2.45) is 11.7 Å². The zero-order chi connectivity index (χ0) is 13.7. The highest BCUT2D eigenvalue weighted by Crippen LogP contribution is 2.12. The monoisotopic (exact) mass is 256 g/mol. The number of primary amides is 1. The van der Waals surface area contributed by atoms with Gasteiger partial charge in [0.25, 0.3) is 0 Å². The van der Waals surface area contributed by atoms with Gasteiger partial charge in [-0.05, 0) is 13.0 Å². The molecule has 0 aromatic carbocycles. The van der Waals surface area contributed by atoms with Gasteiger partial charge in [-0.3, -0.25) is 4.79 Å². The van der Waals surface area contributed by atoms with E-state index in [2.05, 4.69) is 10.2 Å². The van der Waals surface area contributed by atoms with E-state index in [4.69, 9.17) is 5.73 Å². The molecular weight excluding hydrogens is 232 g/mol. The largest absolute Gasteiger partial charge is 0.352 e. The average molecular weight is 256 g/mol. The fourth-order valence-electron chi connectivity index (χ4n) is 2.06. The molecule has 1 saturated heterocycles. The van der Waals surface area contributed by atoms with E-state index in [-0.39, 0.29) is 11.8 Å². The van der Waals surface area contributed by atoms with Crippen molar-refractivity contribution in [3.05, 3.63) is 0 Å². The molecule has 2 unspecified atom stereocenters. The maximum absolute atomic E-state index is 12.4. The summed E-state index contributed by atoms with van der Waals surface area (Å²) in [5, 5.41) is 2.57. The van der Waals surface area contributed by atoms with Crippen molar-refractivity contribution in [2.75, 3.05) is 33.2 Å². The summed E-state index contributed by atoms with van der Waals surface area (Å²) < 4.78 is 0. The van der Waals surface area contributed by atoms with Crippen molar-refractivity contribution in [3.8, 4) is 0 Å². The van der Waals surface area contributed by atoms with Crippen LogP contribution in [0.1, 0.15) is 20.3 Å². The zero-order valence-corrected chi connectivity index (χ0v) is 11.5. The van der Waals surface area contributed by atoms with Gasteiger partial charge in [0.2, 0.25) is 5.91 Å². The third-order valence-corrected chi connectivity index (χ3v) is 3.59. The minimum Gasteiger partial charge on any atom is -0.352 e. The fraction of sp³-hybridized carbons (Fsp3) is 0.833. The number of likely N-dealkylation sites (N-methyl/N-ethyl adjacent to an activating group) is 1. The lowest BCUT2D eigenvalue weighted by Crippen LogP contribution is -2.56. The summed E-state index contributed by atoms with van der Waals surface area (Å²) in [5.41, 5.74) is 5.15. The summed E-state index contributed by atoms with van der Waals surface area (Å²) >= 11 is 0. The summed E-state index contributed by atoms with van der Waals surface area (Å²) in [5.74, 6) is 0.0703. The molecule has 6 nitrogen and oxygen atoms in total. The standard InChI is InChI=1S/C12H24N4O2/c1-4-9(2)10(14-12(13)18)11(17)16-7-5-15(3)6-8-16/h9-10H,4-8H2,1-3H3,(H3,13,14,18). The highest BCUT2D eigenvalue weighted by molar-refractivity contribution is 5.87. The lowest BCUT2D eigenvalue weighted by molar-refractivity contribution is -0.136. The van der Waals surface area contributed by atoms with Crippen LogP contribution >= 0.6 is 0 Å².